The fraction of sp³-hybridized carbons (Fsp3) is 0.188. The lowest BCUT2D eigenvalue weighted by Crippen LogP contribution is -2.30. The number of aryl methyl sites for hydroxylation is 1. The molecule has 0 fully saturated rings. The molecule has 3 N–H and O–H groups in total. The Hall–Kier alpha value is -2.09. The summed E-state index contributed by atoms with van der Waals surface area (Å²) < 4.78 is 28.0. The molecule has 0 spiro atoms. The number of rotatable bonds is 5. The molecule has 2 rings (SSSR count). The number of carbonyl (C=O) groups excluding carboxylic acids is 1. The number of sulfonamides is 1. The third kappa shape index (κ3) is 4.70. The van der Waals surface area contributed by atoms with E-state index in [9.17, 15) is 13.2 Å². The number of anilines is 1. The zero-order valence-corrected chi connectivity index (χ0v) is 14.7. The Morgan fingerprint density at radius 1 is 1.21 bits per heavy atom. The summed E-state index contributed by atoms with van der Waals surface area (Å²) in [6.07, 6.45) is -0.747. The van der Waals surface area contributed by atoms with Crippen molar-refractivity contribution >= 4 is 33.2 Å². The molecule has 0 saturated heterocycles. The summed E-state index contributed by atoms with van der Waals surface area (Å²) in [4.78, 5) is 12.1. The van der Waals surface area contributed by atoms with Crippen LogP contribution in [0.3, 0.4) is 0 Å². The van der Waals surface area contributed by atoms with E-state index in [-0.39, 0.29) is 10.8 Å². The van der Waals surface area contributed by atoms with Gasteiger partial charge in [0.05, 0.1) is 4.90 Å². The Balaban J connectivity index is 2.03. The van der Waals surface area contributed by atoms with E-state index in [4.69, 9.17) is 21.5 Å². The minimum atomic E-state index is -3.76. The average Bonchev–Trinajstić information content (AvgIpc) is 2.49. The summed E-state index contributed by atoms with van der Waals surface area (Å²) in [6, 6.07) is 10.7. The second kappa shape index (κ2) is 7.21. The van der Waals surface area contributed by atoms with Gasteiger partial charge in [0.1, 0.15) is 5.75 Å². The average molecular weight is 369 g/mol. The number of hydrogen-bond donors (Lipinski definition) is 2. The van der Waals surface area contributed by atoms with Crippen molar-refractivity contribution in [1.29, 1.82) is 0 Å². The molecule has 6 nitrogen and oxygen atoms in total. The smallest absolute Gasteiger partial charge is 0.265 e. The van der Waals surface area contributed by atoms with Crippen LogP contribution < -0.4 is 15.2 Å². The predicted octanol–water partition coefficient (Wildman–Crippen LogP) is 2.70. The zero-order chi connectivity index (χ0) is 17.9. The number of ether oxygens (including phenoxy) is 1. The van der Waals surface area contributed by atoms with Crippen molar-refractivity contribution in [2.45, 2.75) is 24.8 Å². The maximum absolute atomic E-state index is 12.2. The van der Waals surface area contributed by atoms with Crippen LogP contribution >= 0.6 is 11.6 Å². The minimum Gasteiger partial charge on any atom is -0.481 e. The Morgan fingerprint density at radius 3 is 2.38 bits per heavy atom. The second-order valence-electron chi connectivity index (χ2n) is 5.23. The highest BCUT2D eigenvalue weighted by molar-refractivity contribution is 7.89. The molecule has 1 unspecified atom stereocenters. The number of halogens is 1. The molecule has 2 aromatic carbocycles. The monoisotopic (exact) mass is 368 g/mol. The molecule has 0 aromatic heterocycles. The van der Waals surface area contributed by atoms with Crippen LogP contribution in [0.15, 0.2) is 47.4 Å². The molecule has 0 saturated carbocycles. The molecule has 0 heterocycles. The molecule has 0 radical (unpaired) electrons. The van der Waals surface area contributed by atoms with Crippen LogP contribution in [0.25, 0.3) is 0 Å². The summed E-state index contributed by atoms with van der Waals surface area (Å²) in [5.41, 5.74) is 1.26. The predicted molar refractivity (Wildman–Crippen MR) is 92.7 cm³/mol. The van der Waals surface area contributed by atoms with Gasteiger partial charge in [0.2, 0.25) is 10.0 Å². The first-order valence-electron chi connectivity index (χ1n) is 7.03. The van der Waals surface area contributed by atoms with Crippen molar-refractivity contribution in [3.63, 3.8) is 0 Å². The molecule has 0 aliphatic heterocycles. The van der Waals surface area contributed by atoms with Gasteiger partial charge >= 0.3 is 0 Å². The summed E-state index contributed by atoms with van der Waals surface area (Å²) >= 11 is 5.88. The van der Waals surface area contributed by atoms with Crippen LogP contribution in [0.5, 0.6) is 5.75 Å². The van der Waals surface area contributed by atoms with E-state index >= 15 is 0 Å². The molecular weight excluding hydrogens is 352 g/mol. The lowest BCUT2D eigenvalue weighted by molar-refractivity contribution is -0.122. The van der Waals surface area contributed by atoms with Crippen molar-refractivity contribution in [2.75, 3.05) is 5.32 Å². The van der Waals surface area contributed by atoms with E-state index in [1.54, 1.807) is 25.1 Å². The highest BCUT2D eigenvalue weighted by atomic mass is 35.5. The first-order chi connectivity index (χ1) is 11.2. The molecule has 1 amide bonds. The van der Waals surface area contributed by atoms with Gasteiger partial charge in [-0.2, -0.15) is 0 Å². The third-order valence-electron chi connectivity index (χ3n) is 3.26. The Kier molecular flexibility index (Phi) is 5.48. The molecule has 2 aromatic rings. The number of amides is 1. The Labute approximate surface area is 145 Å². The summed E-state index contributed by atoms with van der Waals surface area (Å²) in [5, 5.41) is 8.26. The fourth-order valence-electron chi connectivity index (χ4n) is 1.96. The topological polar surface area (TPSA) is 98.5 Å². The molecule has 0 aliphatic carbocycles. The first-order valence-corrected chi connectivity index (χ1v) is 8.96. The number of benzene rings is 2. The highest BCUT2D eigenvalue weighted by Crippen LogP contribution is 2.23. The van der Waals surface area contributed by atoms with E-state index in [0.29, 0.717) is 16.5 Å². The SMILES string of the molecule is Cc1cc(Cl)ccc1OC(C)C(=O)Nc1ccc(S(N)(=O)=O)cc1. The molecule has 128 valence electrons. The maximum atomic E-state index is 12.2. The molecule has 1 atom stereocenters. The van der Waals surface area contributed by atoms with Gasteiger partial charge in [0, 0.05) is 10.7 Å². The van der Waals surface area contributed by atoms with Gasteiger partial charge in [-0.1, -0.05) is 11.6 Å². The van der Waals surface area contributed by atoms with Crippen LogP contribution in [0.2, 0.25) is 5.02 Å². The van der Waals surface area contributed by atoms with E-state index in [1.807, 2.05) is 6.92 Å². The van der Waals surface area contributed by atoms with E-state index in [1.165, 1.54) is 24.3 Å². The van der Waals surface area contributed by atoms with Gasteiger partial charge in [0.15, 0.2) is 6.10 Å². The summed E-state index contributed by atoms with van der Waals surface area (Å²) in [6.45, 7) is 3.44. The zero-order valence-electron chi connectivity index (χ0n) is 13.1. The third-order valence-corrected chi connectivity index (χ3v) is 4.42. The van der Waals surface area contributed by atoms with Crippen molar-refractivity contribution < 1.29 is 17.9 Å². The lowest BCUT2D eigenvalue weighted by Gasteiger charge is -2.16. The molecule has 24 heavy (non-hydrogen) atoms. The number of nitrogens with two attached hydrogens (primary N) is 1. The van der Waals surface area contributed by atoms with Crippen LogP contribution in [-0.2, 0) is 14.8 Å². The molecule has 0 aliphatic rings. The van der Waals surface area contributed by atoms with E-state index < -0.39 is 16.1 Å². The van der Waals surface area contributed by atoms with Crippen LogP contribution in [0.1, 0.15) is 12.5 Å². The summed E-state index contributed by atoms with van der Waals surface area (Å²) in [7, 11) is -3.76. The first kappa shape index (κ1) is 18.3. The lowest BCUT2D eigenvalue weighted by atomic mass is 10.2. The van der Waals surface area contributed by atoms with Crippen LogP contribution in [0.4, 0.5) is 5.69 Å². The normalized spacial score (nSPS) is 12.5. The number of primary sulfonamides is 1. The molecule has 8 heteroatoms. The van der Waals surface area contributed by atoms with Gasteiger partial charge in [-0.25, -0.2) is 13.6 Å². The largest absolute Gasteiger partial charge is 0.481 e. The van der Waals surface area contributed by atoms with Crippen LogP contribution in [0, 0.1) is 6.92 Å². The number of hydrogen-bond acceptors (Lipinski definition) is 4. The minimum absolute atomic E-state index is 0.0263. The second-order valence-corrected chi connectivity index (χ2v) is 7.23. The molecule has 0 bridgehead atoms. The van der Waals surface area contributed by atoms with Gasteiger partial charge in [-0.05, 0) is 61.9 Å². The van der Waals surface area contributed by atoms with Crippen LogP contribution in [-0.4, -0.2) is 20.4 Å². The van der Waals surface area contributed by atoms with Gasteiger partial charge in [0.25, 0.3) is 5.91 Å². The van der Waals surface area contributed by atoms with Crippen molar-refractivity contribution in [3.05, 3.63) is 53.1 Å². The fourth-order valence-corrected chi connectivity index (χ4v) is 2.70. The number of carbonyl (C=O) groups is 1. The summed E-state index contributed by atoms with van der Waals surface area (Å²) in [5.74, 6) is 0.194. The van der Waals surface area contributed by atoms with Crippen molar-refractivity contribution in [3.8, 4) is 5.75 Å². The highest BCUT2D eigenvalue weighted by Gasteiger charge is 2.16. The quantitative estimate of drug-likeness (QED) is 0.847. The van der Waals surface area contributed by atoms with E-state index in [0.717, 1.165) is 5.56 Å². The maximum Gasteiger partial charge on any atom is 0.265 e. The Morgan fingerprint density at radius 2 is 1.83 bits per heavy atom. The van der Waals surface area contributed by atoms with Gasteiger partial charge in [-0.15, -0.1) is 0 Å². The standard InChI is InChI=1S/C16H17ClN2O4S/c1-10-9-12(17)3-8-15(10)23-11(2)16(20)19-13-4-6-14(7-5-13)24(18,21)22/h3-9,11H,1-2H3,(H,19,20)(H2,18,21,22). The molecular formula is C16H17ClN2O4S. The number of nitrogens with one attached hydrogen (secondary N) is 1. The van der Waals surface area contributed by atoms with Crippen molar-refractivity contribution in [2.24, 2.45) is 5.14 Å². The van der Waals surface area contributed by atoms with Gasteiger partial charge < -0.3 is 10.1 Å². The Bertz CT molecular complexity index is 851. The van der Waals surface area contributed by atoms with E-state index in [2.05, 4.69) is 5.32 Å². The van der Waals surface area contributed by atoms with Gasteiger partial charge in [-0.3, -0.25) is 4.79 Å². The van der Waals surface area contributed by atoms with Crippen molar-refractivity contribution in [1.82, 2.24) is 0 Å².